The molecule has 1 heterocycles. The van der Waals surface area contributed by atoms with Gasteiger partial charge in [-0.3, -0.25) is 9.79 Å². The van der Waals surface area contributed by atoms with Gasteiger partial charge in [-0.25, -0.2) is 4.98 Å². The summed E-state index contributed by atoms with van der Waals surface area (Å²) in [7, 11) is 1.71. The normalized spacial score (nSPS) is 11.0. The lowest BCUT2D eigenvalue weighted by Crippen LogP contribution is -2.42. The first-order chi connectivity index (χ1) is 12.9. The first kappa shape index (κ1) is 24.9. The number of amides is 1. The molecule has 10 heteroatoms. The molecule has 0 radical (unpaired) electrons. The summed E-state index contributed by atoms with van der Waals surface area (Å²) >= 11 is 13.5. The molecule has 1 amide bonds. The Bertz CT molecular complexity index is 809. The quantitative estimate of drug-likeness (QED) is 0.210. The molecule has 1 aromatic heterocycles. The van der Waals surface area contributed by atoms with Gasteiger partial charge in [-0.15, -0.1) is 35.3 Å². The van der Waals surface area contributed by atoms with E-state index >= 15 is 0 Å². The number of halogens is 3. The van der Waals surface area contributed by atoms with E-state index in [0.29, 0.717) is 34.7 Å². The smallest absolute Gasteiger partial charge is 0.251 e. The zero-order valence-corrected chi connectivity index (χ0v) is 20.6. The van der Waals surface area contributed by atoms with Crippen LogP contribution in [-0.4, -0.2) is 43.5 Å². The molecule has 0 saturated heterocycles. The standard InChI is InChI=1S/C18H23Cl2N5OS.HI/c1-11-12(2)27-16(25-11)6-7-23-18(21-3)24-9-8-22-17(26)13-4-5-14(19)15(20)10-13;/h4-5,10H,6-9H2,1-3H3,(H,22,26)(H2,21,23,24);1H. The number of hydrogen-bond donors (Lipinski definition) is 3. The zero-order chi connectivity index (χ0) is 19.8. The van der Waals surface area contributed by atoms with E-state index in [1.807, 2.05) is 6.92 Å². The number of hydrogen-bond acceptors (Lipinski definition) is 4. The second-order valence-corrected chi connectivity index (χ2v) is 7.91. The Morgan fingerprint density at radius 3 is 2.39 bits per heavy atom. The molecule has 0 aliphatic carbocycles. The number of guanidine groups is 1. The highest BCUT2D eigenvalue weighted by atomic mass is 127. The van der Waals surface area contributed by atoms with E-state index < -0.39 is 0 Å². The summed E-state index contributed by atoms with van der Waals surface area (Å²) in [5, 5.41) is 11.1. The van der Waals surface area contributed by atoms with Crippen LogP contribution in [0.15, 0.2) is 23.2 Å². The van der Waals surface area contributed by atoms with E-state index in [4.69, 9.17) is 23.2 Å². The summed E-state index contributed by atoms with van der Waals surface area (Å²) in [5.74, 6) is 0.483. The molecule has 0 aliphatic rings. The van der Waals surface area contributed by atoms with Gasteiger partial charge in [0.25, 0.3) is 5.91 Å². The van der Waals surface area contributed by atoms with Crippen LogP contribution in [0.5, 0.6) is 0 Å². The average Bonchev–Trinajstić information content (AvgIpc) is 2.96. The first-order valence-corrected chi connectivity index (χ1v) is 10.1. The van der Waals surface area contributed by atoms with Gasteiger partial charge in [0.1, 0.15) is 0 Å². The fourth-order valence-electron chi connectivity index (χ4n) is 2.25. The van der Waals surface area contributed by atoms with Crippen LogP contribution in [0.25, 0.3) is 0 Å². The van der Waals surface area contributed by atoms with Crippen LogP contribution in [0.2, 0.25) is 10.0 Å². The molecule has 0 bridgehead atoms. The van der Waals surface area contributed by atoms with Crippen molar-refractivity contribution in [2.24, 2.45) is 4.99 Å². The Morgan fingerprint density at radius 2 is 1.79 bits per heavy atom. The number of carbonyl (C=O) groups is 1. The van der Waals surface area contributed by atoms with Crippen LogP contribution in [0.1, 0.15) is 25.9 Å². The summed E-state index contributed by atoms with van der Waals surface area (Å²) < 4.78 is 0. The van der Waals surface area contributed by atoms with Crippen LogP contribution < -0.4 is 16.0 Å². The maximum absolute atomic E-state index is 12.1. The SMILES string of the molecule is CN=C(NCCNC(=O)c1ccc(Cl)c(Cl)c1)NCCc1nc(C)c(C)s1.I. The lowest BCUT2D eigenvalue weighted by molar-refractivity contribution is 0.0954. The number of aryl methyl sites for hydroxylation is 2. The molecule has 1 aromatic carbocycles. The van der Waals surface area contributed by atoms with E-state index in [2.05, 4.69) is 32.9 Å². The Hall–Kier alpha value is -1.10. The number of nitrogens with zero attached hydrogens (tertiary/aromatic N) is 2. The van der Waals surface area contributed by atoms with Gasteiger partial charge in [-0.05, 0) is 32.0 Å². The van der Waals surface area contributed by atoms with E-state index in [1.54, 1.807) is 36.6 Å². The lowest BCUT2D eigenvalue weighted by Gasteiger charge is -2.12. The number of benzene rings is 1. The van der Waals surface area contributed by atoms with Crippen LogP contribution in [0.3, 0.4) is 0 Å². The molecule has 0 saturated carbocycles. The maximum Gasteiger partial charge on any atom is 0.251 e. The minimum Gasteiger partial charge on any atom is -0.356 e. The predicted molar refractivity (Wildman–Crippen MR) is 129 cm³/mol. The van der Waals surface area contributed by atoms with Gasteiger partial charge < -0.3 is 16.0 Å². The van der Waals surface area contributed by atoms with Gasteiger partial charge in [0.15, 0.2) is 5.96 Å². The van der Waals surface area contributed by atoms with Crippen molar-refractivity contribution in [1.82, 2.24) is 20.9 Å². The molecular formula is C18H24Cl2IN5OS. The largest absolute Gasteiger partial charge is 0.356 e. The number of thiazole rings is 1. The number of nitrogens with one attached hydrogen (secondary N) is 3. The molecule has 0 unspecified atom stereocenters. The topological polar surface area (TPSA) is 78.4 Å². The fraction of sp³-hybridized carbons (Fsp3) is 0.389. The summed E-state index contributed by atoms with van der Waals surface area (Å²) in [6.45, 7) is 5.83. The molecule has 0 fully saturated rings. The summed E-state index contributed by atoms with van der Waals surface area (Å²) in [4.78, 5) is 22.0. The number of rotatable bonds is 7. The van der Waals surface area contributed by atoms with E-state index in [9.17, 15) is 4.79 Å². The Morgan fingerprint density at radius 1 is 1.11 bits per heavy atom. The van der Waals surface area contributed by atoms with Crippen molar-refractivity contribution in [3.05, 3.63) is 49.4 Å². The highest BCUT2D eigenvalue weighted by Crippen LogP contribution is 2.22. The van der Waals surface area contributed by atoms with E-state index in [1.165, 1.54) is 4.88 Å². The summed E-state index contributed by atoms with van der Waals surface area (Å²) in [5.41, 5.74) is 1.57. The van der Waals surface area contributed by atoms with Gasteiger partial charge in [0.05, 0.1) is 20.7 Å². The average molecular weight is 556 g/mol. The van der Waals surface area contributed by atoms with Crippen molar-refractivity contribution in [3.8, 4) is 0 Å². The minimum atomic E-state index is -0.201. The van der Waals surface area contributed by atoms with Crippen LogP contribution in [0.4, 0.5) is 0 Å². The van der Waals surface area contributed by atoms with E-state index in [0.717, 1.165) is 23.7 Å². The molecule has 0 aliphatic heterocycles. The third kappa shape index (κ3) is 7.73. The third-order valence-electron chi connectivity index (χ3n) is 3.81. The fourth-order valence-corrected chi connectivity index (χ4v) is 3.48. The molecule has 2 aromatic rings. The van der Waals surface area contributed by atoms with Gasteiger partial charge in [0.2, 0.25) is 0 Å². The molecule has 6 nitrogen and oxygen atoms in total. The van der Waals surface area contributed by atoms with Crippen molar-refractivity contribution in [1.29, 1.82) is 0 Å². The highest BCUT2D eigenvalue weighted by molar-refractivity contribution is 14.0. The van der Waals surface area contributed by atoms with Crippen molar-refractivity contribution in [3.63, 3.8) is 0 Å². The molecule has 154 valence electrons. The van der Waals surface area contributed by atoms with Crippen molar-refractivity contribution in [2.45, 2.75) is 20.3 Å². The highest BCUT2D eigenvalue weighted by Gasteiger charge is 2.08. The molecule has 0 spiro atoms. The minimum absolute atomic E-state index is 0. The summed E-state index contributed by atoms with van der Waals surface area (Å²) in [6.07, 6.45) is 0.841. The Balaban J connectivity index is 0.00000392. The van der Waals surface area contributed by atoms with Gasteiger partial charge in [-0.2, -0.15) is 0 Å². The second-order valence-electron chi connectivity index (χ2n) is 5.81. The zero-order valence-electron chi connectivity index (χ0n) is 15.9. The monoisotopic (exact) mass is 555 g/mol. The maximum atomic E-state index is 12.1. The van der Waals surface area contributed by atoms with Crippen LogP contribution in [0, 0.1) is 13.8 Å². The van der Waals surface area contributed by atoms with Crippen LogP contribution >= 0.6 is 58.5 Å². The van der Waals surface area contributed by atoms with Crippen molar-refractivity contribution < 1.29 is 4.79 Å². The van der Waals surface area contributed by atoms with Gasteiger partial charge >= 0.3 is 0 Å². The Labute approximate surface area is 196 Å². The molecule has 3 N–H and O–H groups in total. The van der Waals surface area contributed by atoms with Gasteiger partial charge in [-0.1, -0.05) is 23.2 Å². The summed E-state index contributed by atoms with van der Waals surface area (Å²) in [6, 6.07) is 4.79. The molecular weight excluding hydrogens is 532 g/mol. The third-order valence-corrected chi connectivity index (χ3v) is 5.68. The van der Waals surface area contributed by atoms with Crippen molar-refractivity contribution in [2.75, 3.05) is 26.7 Å². The lowest BCUT2D eigenvalue weighted by atomic mass is 10.2. The Kier molecular flexibility index (Phi) is 11.1. The first-order valence-electron chi connectivity index (χ1n) is 8.51. The van der Waals surface area contributed by atoms with E-state index in [-0.39, 0.29) is 29.9 Å². The second kappa shape index (κ2) is 12.5. The molecule has 2 rings (SSSR count). The van der Waals surface area contributed by atoms with Crippen LogP contribution in [-0.2, 0) is 6.42 Å². The predicted octanol–water partition coefficient (Wildman–Crippen LogP) is 3.82. The molecule has 0 atom stereocenters. The van der Waals surface area contributed by atoms with Gasteiger partial charge in [0, 0.05) is 43.5 Å². The number of aliphatic imine (C=N–C) groups is 1. The number of aromatic nitrogens is 1. The van der Waals surface area contributed by atoms with Crippen molar-refractivity contribution >= 4 is 70.4 Å². The number of carbonyl (C=O) groups excluding carboxylic acids is 1. The molecule has 28 heavy (non-hydrogen) atoms.